The molecule has 0 unspecified atom stereocenters. The molecule has 0 radical (unpaired) electrons. The van der Waals surface area contributed by atoms with E-state index >= 15 is 0 Å². The van der Waals surface area contributed by atoms with Crippen LogP contribution >= 0.6 is 0 Å². The van der Waals surface area contributed by atoms with Gasteiger partial charge in [-0.1, -0.05) is 12.8 Å². The largest absolute Gasteiger partial charge is 0.497 e. The van der Waals surface area contributed by atoms with Crippen molar-refractivity contribution in [2.45, 2.75) is 38.1 Å². The summed E-state index contributed by atoms with van der Waals surface area (Å²) >= 11 is 0. The first-order valence-corrected chi connectivity index (χ1v) is 7.10. The topological polar surface area (TPSA) is 51.5 Å². The number of benzene rings is 1. The molecule has 0 aliphatic heterocycles. The molecule has 1 heterocycles. The van der Waals surface area contributed by atoms with Gasteiger partial charge in [0.2, 0.25) is 5.91 Å². The molecule has 4 nitrogen and oxygen atoms in total. The Kier molecular flexibility index (Phi) is 3.63. The number of methoxy groups -OCH3 is 1. The molecule has 1 aromatic carbocycles. The van der Waals surface area contributed by atoms with E-state index < -0.39 is 0 Å². The lowest BCUT2D eigenvalue weighted by molar-refractivity contribution is -0.121. The second kappa shape index (κ2) is 5.57. The minimum Gasteiger partial charge on any atom is -0.497 e. The zero-order valence-corrected chi connectivity index (χ0v) is 11.6. The number of hydrogen-bond acceptors (Lipinski definition) is 3. The third kappa shape index (κ3) is 2.64. The van der Waals surface area contributed by atoms with Crippen molar-refractivity contribution >= 4 is 16.9 Å². The Morgan fingerprint density at radius 3 is 2.95 bits per heavy atom. The summed E-state index contributed by atoms with van der Waals surface area (Å²) in [6, 6.07) is 6.03. The number of nitrogens with one attached hydrogen (secondary N) is 1. The third-order valence-electron chi connectivity index (χ3n) is 3.93. The highest BCUT2D eigenvalue weighted by Crippen LogP contribution is 2.26. The standard InChI is InChI=1S/C16H19NO3/c1-19-13-6-7-14-11(10-20-15(14)9-13)8-16(18)17-12-4-2-3-5-12/h6-7,9-10,12H,2-5,8H2,1H3,(H,17,18). The first-order valence-electron chi connectivity index (χ1n) is 7.10. The van der Waals surface area contributed by atoms with Gasteiger partial charge < -0.3 is 14.5 Å². The van der Waals surface area contributed by atoms with Gasteiger partial charge >= 0.3 is 0 Å². The van der Waals surface area contributed by atoms with Crippen molar-refractivity contribution in [1.29, 1.82) is 0 Å². The van der Waals surface area contributed by atoms with Crippen molar-refractivity contribution in [3.8, 4) is 5.75 Å². The van der Waals surface area contributed by atoms with Gasteiger partial charge in [0.25, 0.3) is 0 Å². The molecule has 1 amide bonds. The number of carbonyl (C=O) groups is 1. The average Bonchev–Trinajstić information content (AvgIpc) is 3.08. The monoisotopic (exact) mass is 273 g/mol. The SMILES string of the molecule is COc1ccc2c(CC(=O)NC3CCCC3)coc2c1. The van der Waals surface area contributed by atoms with E-state index in [0.717, 1.165) is 35.1 Å². The summed E-state index contributed by atoms with van der Waals surface area (Å²) in [7, 11) is 1.63. The van der Waals surface area contributed by atoms with E-state index in [9.17, 15) is 4.79 Å². The summed E-state index contributed by atoms with van der Waals surface area (Å²) < 4.78 is 10.7. The number of carbonyl (C=O) groups excluding carboxylic acids is 1. The van der Waals surface area contributed by atoms with E-state index in [2.05, 4.69) is 5.32 Å². The predicted octanol–water partition coefficient (Wildman–Crippen LogP) is 3.04. The summed E-state index contributed by atoms with van der Waals surface area (Å²) in [5.74, 6) is 0.837. The minimum atomic E-state index is 0.0791. The third-order valence-corrected chi connectivity index (χ3v) is 3.93. The summed E-state index contributed by atoms with van der Waals surface area (Å²) in [6.07, 6.45) is 6.69. The fourth-order valence-electron chi connectivity index (χ4n) is 2.85. The van der Waals surface area contributed by atoms with Crippen LogP contribution in [0.4, 0.5) is 0 Å². The van der Waals surface area contributed by atoms with Gasteiger partial charge in [-0.2, -0.15) is 0 Å². The number of hydrogen-bond donors (Lipinski definition) is 1. The zero-order chi connectivity index (χ0) is 13.9. The molecule has 0 bridgehead atoms. The number of fused-ring (bicyclic) bond motifs is 1. The molecule has 4 heteroatoms. The summed E-state index contributed by atoms with van der Waals surface area (Å²) in [6.45, 7) is 0. The molecule has 3 rings (SSSR count). The number of amides is 1. The van der Waals surface area contributed by atoms with Crippen LogP contribution in [0, 0.1) is 0 Å². The van der Waals surface area contributed by atoms with Gasteiger partial charge in [-0.05, 0) is 25.0 Å². The molecule has 1 N–H and O–H groups in total. The van der Waals surface area contributed by atoms with Crippen LogP contribution in [0.2, 0.25) is 0 Å². The Labute approximate surface area is 118 Å². The average molecular weight is 273 g/mol. The van der Waals surface area contributed by atoms with E-state index in [-0.39, 0.29) is 5.91 Å². The number of furan rings is 1. The fraction of sp³-hybridized carbons (Fsp3) is 0.438. The lowest BCUT2D eigenvalue weighted by Crippen LogP contribution is -2.33. The molecule has 0 saturated heterocycles. The normalized spacial score (nSPS) is 15.7. The summed E-state index contributed by atoms with van der Waals surface area (Å²) in [5.41, 5.74) is 1.69. The summed E-state index contributed by atoms with van der Waals surface area (Å²) in [5, 5.41) is 4.08. The van der Waals surface area contributed by atoms with Crippen LogP contribution in [0.5, 0.6) is 5.75 Å². The number of rotatable bonds is 4. The van der Waals surface area contributed by atoms with Gasteiger partial charge in [-0.3, -0.25) is 4.79 Å². The maximum atomic E-state index is 12.1. The Bertz CT molecular complexity index is 611. The molecule has 1 aliphatic rings. The summed E-state index contributed by atoms with van der Waals surface area (Å²) in [4.78, 5) is 12.1. The predicted molar refractivity (Wildman–Crippen MR) is 76.9 cm³/mol. The molecule has 20 heavy (non-hydrogen) atoms. The molecule has 0 atom stereocenters. The molecule has 2 aromatic rings. The zero-order valence-electron chi connectivity index (χ0n) is 11.6. The molecule has 1 saturated carbocycles. The van der Waals surface area contributed by atoms with Gasteiger partial charge in [0, 0.05) is 23.1 Å². The Morgan fingerprint density at radius 1 is 1.40 bits per heavy atom. The van der Waals surface area contributed by atoms with E-state index in [0.29, 0.717) is 12.5 Å². The van der Waals surface area contributed by atoms with Crippen LogP contribution < -0.4 is 10.1 Å². The van der Waals surface area contributed by atoms with Crippen molar-refractivity contribution in [3.63, 3.8) is 0 Å². The minimum absolute atomic E-state index is 0.0791. The second-order valence-corrected chi connectivity index (χ2v) is 5.35. The van der Waals surface area contributed by atoms with Crippen molar-refractivity contribution in [1.82, 2.24) is 5.32 Å². The highest BCUT2D eigenvalue weighted by Gasteiger charge is 2.18. The van der Waals surface area contributed by atoms with Gasteiger partial charge in [-0.15, -0.1) is 0 Å². The number of ether oxygens (including phenoxy) is 1. The van der Waals surface area contributed by atoms with Crippen molar-refractivity contribution in [2.24, 2.45) is 0 Å². The highest BCUT2D eigenvalue weighted by molar-refractivity contribution is 5.88. The first-order chi connectivity index (χ1) is 9.76. The van der Waals surface area contributed by atoms with E-state index in [1.54, 1.807) is 13.4 Å². The first kappa shape index (κ1) is 13.0. The molecular weight excluding hydrogens is 254 g/mol. The quantitative estimate of drug-likeness (QED) is 0.931. The van der Waals surface area contributed by atoms with Crippen molar-refractivity contribution < 1.29 is 13.9 Å². The van der Waals surface area contributed by atoms with Crippen LogP contribution in [0.3, 0.4) is 0 Å². The van der Waals surface area contributed by atoms with Gasteiger partial charge in [0.05, 0.1) is 19.8 Å². The Balaban J connectivity index is 1.72. The van der Waals surface area contributed by atoms with Crippen molar-refractivity contribution in [2.75, 3.05) is 7.11 Å². The fourth-order valence-corrected chi connectivity index (χ4v) is 2.85. The molecule has 1 aliphatic carbocycles. The molecule has 106 valence electrons. The van der Waals surface area contributed by atoms with Crippen LogP contribution in [0.25, 0.3) is 11.0 Å². The lowest BCUT2D eigenvalue weighted by Gasteiger charge is -2.11. The Hall–Kier alpha value is -1.97. The van der Waals surface area contributed by atoms with E-state index in [1.165, 1.54) is 12.8 Å². The molecule has 1 aromatic heterocycles. The molecule has 1 fully saturated rings. The maximum absolute atomic E-state index is 12.1. The smallest absolute Gasteiger partial charge is 0.224 e. The van der Waals surface area contributed by atoms with Gasteiger partial charge in [0.1, 0.15) is 11.3 Å². The Morgan fingerprint density at radius 2 is 2.20 bits per heavy atom. The molecular formula is C16H19NO3. The van der Waals surface area contributed by atoms with Gasteiger partial charge in [-0.25, -0.2) is 0 Å². The van der Waals surface area contributed by atoms with Crippen LogP contribution in [0.1, 0.15) is 31.2 Å². The van der Waals surface area contributed by atoms with E-state index in [1.807, 2.05) is 18.2 Å². The van der Waals surface area contributed by atoms with Crippen LogP contribution in [-0.2, 0) is 11.2 Å². The maximum Gasteiger partial charge on any atom is 0.224 e. The van der Waals surface area contributed by atoms with Crippen molar-refractivity contribution in [3.05, 3.63) is 30.0 Å². The lowest BCUT2D eigenvalue weighted by atomic mass is 10.1. The van der Waals surface area contributed by atoms with Gasteiger partial charge in [0.15, 0.2) is 0 Å². The molecule has 0 spiro atoms. The van der Waals surface area contributed by atoms with E-state index in [4.69, 9.17) is 9.15 Å². The van der Waals surface area contributed by atoms with Crippen LogP contribution in [0.15, 0.2) is 28.9 Å². The second-order valence-electron chi connectivity index (χ2n) is 5.35. The van der Waals surface area contributed by atoms with Crippen LogP contribution in [-0.4, -0.2) is 19.1 Å². The highest BCUT2D eigenvalue weighted by atomic mass is 16.5.